The van der Waals surface area contributed by atoms with Gasteiger partial charge < -0.3 is 19.2 Å². The number of aryl methyl sites for hydroxylation is 2. The molecule has 0 amide bonds. The van der Waals surface area contributed by atoms with Gasteiger partial charge in [0.1, 0.15) is 0 Å². The molecule has 3 rings (SSSR count). The molecule has 24 heavy (non-hydrogen) atoms. The second-order valence-electron chi connectivity index (χ2n) is 6.03. The molecule has 0 saturated heterocycles. The molecule has 2 aromatic heterocycles. The molecule has 0 bridgehead atoms. The Hall–Kier alpha value is -2.08. The molecular formula is C18H24N2O4. The fourth-order valence-electron chi connectivity index (χ4n) is 3.49. The zero-order valence-electron chi connectivity index (χ0n) is 14.5. The largest absolute Gasteiger partial charge is 0.515 e. The molecule has 6 nitrogen and oxygen atoms in total. The second kappa shape index (κ2) is 7.21. The van der Waals surface area contributed by atoms with Crippen molar-refractivity contribution in [2.75, 3.05) is 19.8 Å². The summed E-state index contributed by atoms with van der Waals surface area (Å²) in [6.07, 6.45) is 4.29. The van der Waals surface area contributed by atoms with Crippen molar-refractivity contribution in [3.05, 3.63) is 23.0 Å². The van der Waals surface area contributed by atoms with Crippen molar-refractivity contribution >= 4 is 17.1 Å². The number of nitrogens with zero attached hydrogens (tertiary/aromatic N) is 1. The Labute approximate surface area is 141 Å². The van der Waals surface area contributed by atoms with Crippen LogP contribution in [0.1, 0.15) is 49.4 Å². The van der Waals surface area contributed by atoms with E-state index in [1.165, 1.54) is 11.3 Å². The molecule has 1 N–H and O–H groups in total. The minimum atomic E-state index is -0.720. The van der Waals surface area contributed by atoms with Gasteiger partial charge in [-0.2, -0.15) is 0 Å². The zero-order chi connectivity index (χ0) is 17.1. The number of fused-ring (bicyclic) bond motifs is 3. The molecule has 0 spiro atoms. The molecule has 1 atom stereocenters. The van der Waals surface area contributed by atoms with E-state index in [1.807, 2.05) is 13.8 Å². The van der Waals surface area contributed by atoms with Crippen LogP contribution >= 0.6 is 0 Å². The molecule has 0 aliphatic heterocycles. The van der Waals surface area contributed by atoms with Crippen LogP contribution in [0, 0.1) is 6.92 Å². The Morgan fingerprint density at radius 1 is 1.38 bits per heavy atom. The van der Waals surface area contributed by atoms with E-state index in [9.17, 15) is 4.79 Å². The van der Waals surface area contributed by atoms with Gasteiger partial charge in [0.05, 0.1) is 24.9 Å². The first-order valence-corrected chi connectivity index (χ1v) is 8.58. The first-order valence-electron chi connectivity index (χ1n) is 8.58. The lowest BCUT2D eigenvalue weighted by Crippen LogP contribution is -2.15. The van der Waals surface area contributed by atoms with Crippen molar-refractivity contribution in [3.8, 4) is 5.88 Å². The number of carbonyl (C=O) groups excluding carboxylic acids is 1. The number of H-pyrrole nitrogens is 1. The number of hydrogen-bond acceptors (Lipinski definition) is 5. The van der Waals surface area contributed by atoms with Crippen molar-refractivity contribution < 1.29 is 19.0 Å². The smallest absolute Gasteiger partial charge is 0.434 e. The van der Waals surface area contributed by atoms with Gasteiger partial charge in [-0.3, -0.25) is 0 Å². The number of ether oxygens (including phenoxy) is 3. The molecule has 0 radical (unpaired) electrons. The number of pyridine rings is 1. The molecule has 0 aromatic carbocycles. The minimum Gasteiger partial charge on any atom is -0.434 e. The van der Waals surface area contributed by atoms with E-state index in [2.05, 4.69) is 9.97 Å². The van der Waals surface area contributed by atoms with Crippen LogP contribution in [0.3, 0.4) is 0 Å². The van der Waals surface area contributed by atoms with E-state index in [1.54, 1.807) is 13.1 Å². The summed E-state index contributed by atoms with van der Waals surface area (Å²) < 4.78 is 15.8. The van der Waals surface area contributed by atoms with Crippen LogP contribution in [-0.4, -0.2) is 35.9 Å². The lowest BCUT2D eigenvalue weighted by molar-refractivity contribution is 0.102. The Kier molecular flexibility index (Phi) is 5.04. The highest BCUT2D eigenvalue weighted by atomic mass is 16.7. The normalized spacial score (nSPS) is 16.9. The molecule has 0 fully saturated rings. The number of hydrogen-bond donors (Lipinski definition) is 1. The summed E-state index contributed by atoms with van der Waals surface area (Å²) in [5, 5.41) is 1.10. The summed E-state index contributed by atoms with van der Waals surface area (Å²) in [5.74, 6) is 0.669. The lowest BCUT2D eigenvalue weighted by atomic mass is 9.85. The van der Waals surface area contributed by atoms with E-state index in [0.717, 1.165) is 35.7 Å². The Balaban J connectivity index is 2.02. The van der Waals surface area contributed by atoms with E-state index in [4.69, 9.17) is 14.2 Å². The molecule has 2 aromatic rings. The fraction of sp³-hybridized carbons (Fsp3) is 0.556. The minimum absolute atomic E-state index is 0.274. The second-order valence-corrected chi connectivity index (χ2v) is 6.03. The van der Waals surface area contributed by atoms with Crippen LogP contribution in [0.2, 0.25) is 0 Å². The number of aromatic nitrogens is 2. The topological polar surface area (TPSA) is 73.4 Å². The molecule has 0 saturated carbocycles. The van der Waals surface area contributed by atoms with Crippen LogP contribution in [0.15, 0.2) is 6.20 Å². The highest BCUT2D eigenvalue weighted by Gasteiger charge is 2.27. The fourth-order valence-corrected chi connectivity index (χ4v) is 3.49. The summed E-state index contributed by atoms with van der Waals surface area (Å²) in [7, 11) is 0. The van der Waals surface area contributed by atoms with Crippen molar-refractivity contribution in [2.45, 2.75) is 46.0 Å². The van der Waals surface area contributed by atoms with Gasteiger partial charge in [-0.1, -0.05) is 0 Å². The van der Waals surface area contributed by atoms with Crippen LogP contribution < -0.4 is 4.74 Å². The molecule has 1 unspecified atom stereocenters. The molecule has 6 heteroatoms. The third-order valence-electron chi connectivity index (χ3n) is 4.51. The Morgan fingerprint density at radius 3 is 2.96 bits per heavy atom. The molecular weight excluding hydrogens is 308 g/mol. The van der Waals surface area contributed by atoms with Gasteiger partial charge in [0.2, 0.25) is 5.88 Å². The van der Waals surface area contributed by atoms with E-state index in [0.29, 0.717) is 25.0 Å². The van der Waals surface area contributed by atoms with Gasteiger partial charge in [-0.05, 0) is 45.6 Å². The number of carbonyl (C=O) groups is 1. The zero-order valence-corrected chi connectivity index (χ0v) is 14.5. The average Bonchev–Trinajstić information content (AvgIpc) is 2.95. The van der Waals surface area contributed by atoms with Gasteiger partial charge in [0.25, 0.3) is 0 Å². The molecule has 130 valence electrons. The predicted molar refractivity (Wildman–Crippen MR) is 90.7 cm³/mol. The summed E-state index contributed by atoms with van der Waals surface area (Å²) in [5.41, 5.74) is 4.39. The summed E-state index contributed by atoms with van der Waals surface area (Å²) in [4.78, 5) is 19.4. The van der Waals surface area contributed by atoms with E-state index >= 15 is 0 Å². The first-order chi connectivity index (χ1) is 11.7. The maximum absolute atomic E-state index is 11.6. The van der Waals surface area contributed by atoms with Crippen molar-refractivity contribution in [1.82, 2.24) is 9.97 Å². The van der Waals surface area contributed by atoms with E-state index < -0.39 is 6.16 Å². The summed E-state index contributed by atoms with van der Waals surface area (Å²) in [6, 6.07) is 0. The highest BCUT2D eigenvalue weighted by molar-refractivity contribution is 5.89. The third kappa shape index (κ3) is 3.11. The Bertz CT molecular complexity index is 738. The first kappa shape index (κ1) is 16.8. The quantitative estimate of drug-likeness (QED) is 0.842. The predicted octanol–water partition coefficient (Wildman–Crippen LogP) is 3.86. The molecule has 2 heterocycles. The van der Waals surface area contributed by atoms with Crippen LogP contribution in [-0.2, 0) is 15.9 Å². The summed E-state index contributed by atoms with van der Waals surface area (Å²) >= 11 is 0. The highest BCUT2D eigenvalue weighted by Crippen LogP contribution is 2.40. The van der Waals surface area contributed by atoms with Crippen LogP contribution in [0.25, 0.3) is 10.9 Å². The molecule has 1 aliphatic carbocycles. The number of nitrogens with one attached hydrogen (secondary N) is 1. The maximum Gasteiger partial charge on any atom is 0.515 e. The lowest BCUT2D eigenvalue weighted by Gasteiger charge is -2.23. The number of rotatable bonds is 5. The third-order valence-corrected chi connectivity index (χ3v) is 4.51. The standard InChI is InChI=1S/C18H24N2O4/c1-4-22-10-12-7-6-8-13-16(12)15-11(3)17(19-9-14(15)20-13)24-18(21)23-5-2/h9,12,20H,4-8,10H2,1-3H3. The SMILES string of the molecule is CCOCC1CCCc2[nH]c3cnc(OC(=O)OCC)c(C)c3c21. The van der Waals surface area contributed by atoms with Gasteiger partial charge in [0.15, 0.2) is 0 Å². The van der Waals surface area contributed by atoms with Gasteiger partial charge in [-0.25, -0.2) is 9.78 Å². The van der Waals surface area contributed by atoms with Crippen molar-refractivity contribution in [2.24, 2.45) is 0 Å². The molecule has 1 aliphatic rings. The van der Waals surface area contributed by atoms with Crippen LogP contribution in [0.5, 0.6) is 5.88 Å². The average molecular weight is 332 g/mol. The number of aromatic amines is 1. The van der Waals surface area contributed by atoms with E-state index in [-0.39, 0.29) is 6.61 Å². The maximum atomic E-state index is 11.6. The van der Waals surface area contributed by atoms with Gasteiger partial charge >= 0.3 is 6.16 Å². The van der Waals surface area contributed by atoms with Gasteiger partial charge in [-0.15, -0.1) is 0 Å². The van der Waals surface area contributed by atoms with Crippen molar-refractivity contribution in [3.63, 3.8) is 0 Å². The van der Waals surface area contributed by atoms with Crippen LogP contribution in [0.4, 0.5) is 4.79 Å². The van der Waals surface area contributed by atoms with Gasteiger partial charge in [0, 0.05) is 29.2 Å². The van der Waals surface area contributed by atoms with Crippen molar-refractivity contribution in [1.29, 1.82) is 0 Å². The monoisotopic (exact) mass is 332 g/mol. The Morgan fingerprint density at radius 2 is 2.21 bits per heavy atom. The summed E-state index contributed by atoms with van der Waals surface area (Å²) in [6.45, 7) is 7.39.